The molecule has 8 aromatic carbocycles. The standard InChI is InChI=1S/C55H38N2O2/c1-5-17-37(18-6-1)55(38-19-7-2-8-20-38)46-27-15-13-26-44(46)53-47(55)31-34-51-54(53)59-50-33-30-42(36-52(50)58-51)56(39-21-9-3-10-22-39)41-29-32-49-45(35-41)43-25-14-16-28-48(43)57(49)40-23-11-4-12-24-40/h1,3-7,9-36H,2,8H2. The number of aromatic nitrogens is 1. The largest absolute Gasteiger partial charge is 0.449 e. The second-order valence-electron chi connectivity index (χ2n) is 15.5. The number of nitrogens with zero attached hydrogens (tertiary/aromatic N) is 2. The van der Waals surface area contributed by atoms with Crippen molar-refractivity contribution in [3.63, 3.8) is 0 Å². The second kappa shape index (κ2) is 13.3. The molecule has 0 fully saturated rings. The van der Waals surface area contributed by atoms with Crippen molar-refractivity contribution in [1.29, 1.82) is 0 Å². The highest BCUT2D eigenvalue weighted by molar-refractivity contribution is 6.10. The molecule has 0 spiro atoms. The van der Waals surface area contributed by atoms with Crippen LogP contribution in [0.5, 0.6) is 23.0 Å². The minimum atomic E-state index is -0.475. The fraction of sp³-hybridized carbons (Fsp3) is 0.0545. The summed E-state index contributed by atoms with van der Waals surface area (Å²) in [7, 11) is 0. The number of ether oxygens (including phenoxy) is 2. The molecule has 12 rings (SSSR count). The van der Waals surface area contributed by atoms with Gasteiger partial charge in [-0.2, -0.15) is 0 Å². The lowest BCUT2D eigenvalue weighted by Crippen LogP contribution is -2.29. The number of para-hydroxylation sites is 3. The number of allylic oxidation sites excluding steroid dienone is 4. The van der Waals surface area contributed by atoms with Crippen LogP contribution < -0.4 is 14.4 Å². The third-order valence-electron chi connectivity index (χ3n) is 12.3. The molecule has 1 aliphatic heterocycles. The highest BCUT2D eigenvalue weighted by atomic mass is 16.6. The Kier molecular flexibility index (Phi) is 7.54. The normalized spacial score (nSPS) is 16.0. The third kappa shape index (κ3) is 5.03. The molecule has 1 unspecified atom stereocenters. The van der Waals surface area contributed by atoms with Crippen molar-refractivity contribution in [2.45, 2.75) is 18.3 Å². The molecule has 0 radical (unpaired) electrons. The average molecular weight is 759 g/mol. The van der Waals surface area contributed by atoms with Crippen LogP contribution in [-0.2, 0) is 5.41 Å². The Morgan fingerprint density at radius 1 is 0.492 bits per heavy atom. The lowest BCUT2D eigenvalue weighted by Gasteiger charge is -2.36. The molecule has 0 saturated heterocycles. The second-order valence-corrected chi connectivity index (χ2v) is 15.5. The van der Waals surface area contributed by atoms with Gasteiger partial charge >= 0.3 is 0 Å². The van der Waals surface area contributed by atoms with Crippen molar-refractivity contribution in [2.24, 2.45) is 0 Å². The van der Waals surface area contributed by atoms with Gasteiger partial charge in [-0.15, -0.1) is 0 Å². The Hall–Kier alpha value is -7.56. The maximum absolute atomic E-state index is 7.01. The lowest BCUT2D eigenvalue weighted by atomic mass is 9.66. The Labute approximate surface area is 343 Å². The minimum Gasteiger partial charge on any atom is -0.449 e. The van der Waals surface area contributed by atoms with Crippen LogP contribution in [0.1, 0.15) is 29.5 Å². The third-order valence-corrected chi connectivity index (χ3v) is 12.3. The molecule has 59 heavy (non-hydrogen) atoms. The monoisotopic (exact) mass is 758 g/mol. The molecule has 0 N–H and O–H groups in total. The van der Waals surface area contributed by atoms with E-state index in [1.165, 1.54) is 44.1 Å². The van der Waals surface area contributed by atoms with Gasteiger partial charge in [-0.05, 0) is 107 Å². The molecule has 4 nitrogen and oxygen atoms in total. The van der Waals surface area contributed by atoms with Crippen LogP contribution in [0.15, 0.2) is 212 Å². The summed E-state index contributed by atoms with van der Waals surface area (Å²) < 4.78 is 16.3. The minimum absolute atomic E-state index is 0.475. The molecular formula is C55H38N2O2. The summed E-state index contributed by atoms with van der Waals surface area (Å²) in [5, 5.41) is 2.40. The van der Waals surface area contributed by atoms with E-state index in [2.05, 4.69) is 216 Å². The van der Waals surface area contributed by atoms with Crippen LogP contribution in [-0.4, -0.2) is 4.57 Å². The van der Waals surface area contributed by atoms with Gasteiger partial charge in [0.1, 0.15) is 0 Å². The van der Waals surface area contributed by atoms with Crippen LogP contribution in [0.4, 0.5) is 17.1 Å². The van der Waals surface area contributed by atoms with E-state index in [0.29, 0.717) is 17.2 Å². The fourth-order valence-electron chi connectivity index (χ4n) is 9.87. The first-order valence-corrected chi connectivity index (χ1v) is 20.4. The number of fused-ring (bicyclic) bond motifs is 9. The van der Waals surface area contributed by atoms with Gasteiger partial charge in [0.2, 0.25) is 0 Å². The van der Waals surface area contributed by atoms with Crippen molar-refractivity contribution in [3.05, 3.63) is 229 Å². The highest BCUT2D eigenvalue weighted by Crippen LogP contribution is 2.63. The van der Waals surface area contributed by atoms with E-state index in [4.69, 9.17) is 9.47 Å². The van der Waals surface area contributed by atoms with Gasteiger partial charge in [0, 0.05) is 39.5 Å². The number of hydrogen-bond donors (Lipinski definition) is 0. The zero-order valence-electron chi connectivity index (χ0n) is 32.3. The number of benzene rings is 8. The summed E-state index contributed by atoms with van der Waals surface area (Å²) in [6, 6.07) is 67.0. The van der Waals surface area contributed by atoms with Crippen LogP contribution in [0.3, 0.4) is 0 Å². The van der Waals surface area contributed by atoms with E-state index in [1.807, 2.05) is 0 Å². The first-order chi connectivity index (χ1) is 29.3. The zero-order valence-corrected chi connectivity index (χ0v) is 32.3. The molecule has 0 saturated carbocycles. The number of rotatable bonds is 6. The van der Waals surface area contributed by atoms with Crippen LogP contribution in [0.2, 0.25) is 0 Å². The number of hydrogen-bond acceptors (Lipinski definition) is 3. The SMILES string of the molecule is C1=CC(C2(c3ccccc3)c3ccccc3-c3c2ccc2c3Oc3ccc(N(c4ccccc4)c4ccc5c(c4)c4ccccc4n5-c4ccccc4)cc3O2)=CCC1. The van der Waals surface area contributed by atoms with Gasteiger partial charge in [-0.25, -0.2) is 0 Å². The van der Waals surface area contributed by atoms with Crippen molar-refractivity contribution in [2.75, 3.05) is 4.90 Å². The summed E-state index contributed by atoms with van der Waals surface area (Å²) in [5.41, 5.74) is 13.4. The molecular weight excluding hydrogens is 721 g/mol. The first kappa shape index (κ1) is 33.6. The summed E-state index contributed by atoms with van der Waals surface area (Å²) in [4.78, 5) is 2.30. The summed E-state index contributed by atoms with van der Waals surface area (Å²) in [6.45, 7) is 0. The van der Waals surface area contributed by atoms with Crippen molar-refractivity contribution in [1.82, 2.24) is 4.57 Å². The van der Waals surface area contributed by atoms with Crippen LogP contribution >= 0.6 is 0 Å². The Balaban J connectivity index is 0.987. The summed E-state index contributed by atoms with van der Waals surface area (Å²) in [5.74, 6) is 2.84. The summed E-state index contributed by atoms with van der Waals surface area (Å²) >= 11 is 0. The molecule has 2 heterocycles. The molecule has 2 aliphatic carbocycles. The smallest absolute Gasteiger partial charge is 0.178 e. The van der Waals surface area contributed by atoms with Gasteiger partial charge in [-0.3, -0.25) is 0 Å². The molecule has 0 bridgehead atoms. The van der Waals surface area contributed by atoms with Gasteiger partial charge in [-0.1, -0.05) is 133 Å². The predicted octanol–water partition coefficient (Wildman–Crippen LogP) is 14.7. The van der Waals surface area contributed by atoms with E-state index in [0.717, 1.165) is 52.4 Å². The van der Waals surface area contributed by atoms with E-state index < -0.39 is 5.41 Å². The van der Waals surface area contributed by atoms with E-state index >= 15 is 0 Å². The molecule has 1 atom stereocenters. The molecule has 280 valence electrons. The topological polar surface area (TPSA) is 26.6 Å². The van der Waals surface area contributed by atoms with Gasteiger partial charge in [0.05, 0.1) is 22.1 Å². The van der Waals surface area contributed by atoms with E-state index in [9.17, 15) is 0 Å². The van der Waals surface area contributed by atoms with E-state index in [1.54, 1.807) is 0 Å². The average Bonchev–Trinajstić information content (AvgIpc) is 3.80. The fourth-order valence-corrected chi connectivity index (χ4v) is 9.87. The molecule has 4 heteroatoms. The molecule has 0 amide bonds. The zero-order chi connectivity index (χ0) is 38.9. The molecule has 1 aromatic heterocycles. The predicted molar refractivity (Wildman–Crippen MR) is 240 cm³/mol. The maximum atomic E-state index is 7.01. The molecule has 3 aliphatic rings. The first-order valence-electron chi connectivity index (χ1n) is 20.4. The maximum Gasteiger partial charge on any atom is 0.178 e. The van der Waals surface area contributed by atoms with Crippen molar-refractivity contribution < 1.29 is 9.47 Å². The van der Waals surface area contributed by atoms with Crippen molar-refractivity contribution in [3.8, 4) is 39.8 Å². The van der Waals surface area contributed by atoms with Crippen LogP contribution in [0.25, 0.3) is 38.6 Å². The van der Waals surface area contributed by atoms with Crippen molar-refractivity contribution >= 4 is 38.9 Å². The highest BCUT2D eigenvalue weighted by Gasteiger charge is 2.49. The number of anilines is 3. The van der Waals surface area contributed by atoms with Gasteiger partial charge < -0.3 is 18.9 Å². The Morgan fingerprint density at radius 2 is 1.19 bits per heavy atom. The van der Waals surface area contributed by atoms with Gasteiger partial charge in [0.15, 0.2) is 23.0 Å². The Bertz CT molecular complexity index is 3160. The van der Waals surface area contributed by atoms with E-state index in [-0.39, 0.29) is 0 Å². The quantitative estimate of drug-likeness (QED) is 0.169. The van der Waals surface area contributed by atoms with Crippen LogP contribution in [0, 0.1) is 0 Å². The summed E-state index contributed by atoms with van der Waals surface area (Å²) in [6.07, 6.45) is 9.13. The van der Waals surface area contributed by atoms with Gasteiger partial charge in [0.25, 0.3) is 0 Å². The lowest BCUT2D eigenvalue weighted by molar-refractivity contribution is 0.360. The molecule has 9 aromatic rings. The Morgan fingerprint density at radius 3 is 2.02 bits per heavy atom.